The van der Waals surface area contributed by atoms with E-state index in [9.17, 15) is 14.0 Å². The average Bonchev–Trinajstić information content (AvgIpc) is 2.68. The van der Waals surface area contributed by atoms with E-state index in [1.54, 1.807) is 35.2 Å². The molecule has 1 heterocycles. The molecule has 1 fully saturated rings. The van der Waals surface area contributed by atoms with E-state index in [2.05, 4.69) is 15.5 Å². The van der Waals surface area contributed by atoms with Crippen molar-refractivity contribution in [1.82, 2.24) is 15.1 Å². The van der Waals surface area contributed by atoms with Gasteiger partial charge in [-0.15, -0.1) is 0 Å². The minimum Gasteiger partial charge on any atom is -0.336 e. The van der Waals surface area contributed by atoms with Crippen LogP contribution in [0.3, 0.4) is 0 Å². The highest BCUT2D eigenvalue weighted by Gasteiger charge is 2.22. The number of halogens is 1. The molecule has 2 N–H and O–H groups in total. The van der Waals surface area contributed by atoms with Crippen molar-refractivity contribution in [3.63, 3.8) is 0 Å². The minimum absolute atomic E-state index is 0.00752. The third-order valence-corrected chi connectivity index (χ3v) is 4.75. The number of carbonyl (C=O) groups excluding carboxylic acids is 2. The van der Waals surface area contributed by atoms with E-state index in [4.69, 9.17) is 12.2 Å². The van der Waals surface area contributed by atoms with Gasteiger partial charge in [-0.05, 0) is 43.5 Å². The maximum atomic E-state index is 13.7. The Balaban J connectivity index is 1.69. The van der Waals surface area contributed by atoms with E-state index in [-0.39, 0.29) is 16.6 Å². The smallest absolute Gasteiger partial charge is 0.260 e. The SMILES string of the molecule is CN1CCN(C(=O)c2ccccc2NC(=S)NC(=O)c2ccccc2F)CC1. The Morgan fingerprint density at radius 1 is 0.964 bits per heavy atom. The second-order valence-corrected chi connectivity index (χ2v) is 6.94. The first-order chi connectivity index (χ1) is 13.5. The predicted molar refractivity (Wildman–Crippen MR) is 110 cm³/mol. The molecule has 0 spiro atoms. The van der Waals surface area contributed by atoms with Gasteiger partial charge in [0.25, 0.3) is 11.8 Å². The van der Waals surface area contributed by atoms with Crippen molar-refractivity contribution >= 4 is 34.8 Å². The van der Waals surface area contributed by atoms with Crippen LogP contribution in [0.5, 0.6) is 0 Å². The lowest BCUT2D eigenvalue weighted by molar-refractivity contribution is 0.0665. The number of amides is 2. The molecule has 3 rings (SSSR count). The molecule has 0 unspecified atom stereocenters. The Bertz CT molecular complexity index is 897. The monoisotopic (exact) mass is 400 g/mol. The predicted octanol–water partition coefficient (Wildman–Crippen LogP) is 2.34. The van der Waals surface area contributed by atoms with Crippen molar-refractivity contribution in [3.8, 4) is 0 Å². The van der Waals surface area contributed by atoms with Gasteiger partial charge in [0.05, 0.1) is 16.8 Å². The summed E-state index contributed by atoms with van der Waals surface area (Å²) in [6.45, 7) is 2.94. The van der Waals surface area contributed by atoms with Crippen LogP contribution in [-0.4, -0.2) is 60.0 Å². The molecular formula is C20H21FN4O2S. The number of hydrogen-bond donors (Lipinski definition) is 2. The van der Waals surface area contributed by atoms with Gasteiger partial charge in [-0.3, -0.25) is 14.9 Å². The third kappa shape index (κ3) is 4.71. The first-order valence-corrected chi connectivity index (χ1v) is 9.30. The van der Waals surface area contributed by atoms with Gasteiger partial charge in [-0.2, -0.15) is 0 Å². The molecule has 0 aliphatic carbocycles. The molecule has 8 heteroatoms. The Morgan fingerprint density at radius 3 is 2.25 bits per heavy atom. The molecular weight excluding hydrogens is 379 g/mol. The molecule has 2 aromatic rings. The number of para-hydroxylation sites is 1. The Morgan fingerprint density at radius 2 is 1.57 bits per heavy atom. The summed E-state index contributed by atoms with van der Waals surface area (Å²) in [4.78, 5) is 29.0. The molecule has 0 bridgehead atoms. The standard InChI is InChI=1S/C20H21FN4O2S/c1-24-10-12-25(13-11-24)19(27)15-7-3-5-9-17(15)22-20(28)23-18(26)14-6-2-4-8-16(14)21/h2-9H,10-13H2,1H3,(H2,22,23,26,28). The Kier molecular flexibility index (Phi) is 6.33. The van der Waals surface area contributed by atoms with Crippen LogP contribution in [0.25, 0.3) is 0 Å². The maximum Gasteiger partial charge on any atom is 0.260 e. The van der Waals surface area contributed by atoms with E-state index >= 15 is 0 Å². The number of likely N-dealkylation sites (N-methyl/N-ethyl adjacent to an activating group) is 1. The van der Waals surface area contributed by atoms with Gasteiger partial charge in [-0.25, -0.2) is 4.39 Å². The van der Waals surface area contributed by atoms with Crippen LogP contribution >= 0.6 is 12.2 Å². The fraction of sp³-hybridized carbons (Fsp3) is 0.250. The Labute approximate surface area is 168 Å². The first kappa shape index (κ1) is 19.9. The summed E-state index contributed by atoms with van der Waals surface area (Å²) in [6, 6.07) is 12.6. The fourth-order valence-electron chi connectivity index (χ4n) is 2.93. The van der Waals surface area contributed by atoms with Crippen molar-refractivity contribution in [2.75, 3.05) is 38.5 Å². The van der Waals surface area contributed by atoms with E-state index < -0.39 is 11.7 Å². The molecule has 0 radical (unpaired) electrons. The molecule has 6 nitrogen and oxygen atoms in total. The summed E-state index contributed by atoms with van der Waals surface area (Å²) in [5, 5.41) is 5.32. The van der Waals surface area contributed by atoms with Crippen molar-refractivity contribution in [1.29, 1.82) is 0 Å². The quantitative estimate of drug-likeness (QED) is 0.775. The lowest BCUT2D eigenvalue weighted by atomic mass is 10.1. The number of anilines is 1. The van der Waals surface area contributed by atoms with Gasteiger partial charge in [0.1, 0.15) is 5.82 Å². The van der Waals surface area contributed by atoms with Crippen molar-refractivity contribution in [2.24, 2.45) is 0 Å². The minimum atomic E-state index is -0.654. The summed E-state index contributed by atoms with van der Waals surface area (Å²) in [5.41, 5.74) is 0.855. The van der Waals surface area contributed by atoms with Crippen LogP contribution < -0.4 is 10.6 Å². The first-order valence-electron chi connectivity index (χ1n) is 8.89. The molecule has 1 aliphatic heterocycles. The highest BCUT2D eigenvalue weighted by Crippen LogP contribution is 2.18. The fourth-order valence-corrected chi connectivity index (χ4v) is 3.13. The number of nitrogens with zero attached hydrogens (tertiary/aromatic N) is 2. The number of piperazine rings is 1. The molecule has 0 saturated carbocycles. The molecule has 146 valence electrons. The summed E-state index contributed by atoms with van der Waals surface area (Å²) in [6.07, 6.45) is 0. The van der Waals surface area contributed by atoms with E-state index in [1.807, 2.05) is 7.05 Å². The number of rotatable bonds is 3. The number of thiocarbonyl (C=S) groups is 1. The number of carbonyl (C=O) groups is 2. The van der Waals surface area contributed by atoms with Gasteiger partial charge in [-0.1, -0.05) is 24.3 Å². The van der Waals surface area contributed by atoms with Crippen LogP contribution in [0, 0.1) is 5.82 Å². The molecule has 2 amide bonds. The van der Waals surface area contributed by atoms with Crippen LogP contribution in [0.1, 0.15) is 20.7 Å². The largest absolute Gasteiger partial charge is 0.336 e. The van der Waals surface area contributed by atoms with Gasteiger partial charge in [0.15, 0.2) is 5.11 Å². The van der Waals surface area contributed by atoms with Gasteiger partial charge in [0.2, 0.25) is 0 Å². The van der Waals surface area contributed by atoms with E-state index in [0.717, 1.165) is 13.1 Å². The summed E-state index contributed by atoms with van der Waals surface area (Å²) >= 11 is 5.18. The van der Waals surface area contributed by atoms with Crippen LogP contribution in [0.2, 0.25) is 0 Å². The summed E-state index contributed by atoms with van der Waals surface area (Å²) in [7, 11) is 2.02. The van der Waals surface area contributed by atoms with Crippen LogP contribution in [0.4, 0.5) is 10.1 Å². The second-order valence-electron chi connectivity index (χ2n) is 6.53. The van der Waals surface area contributed by atoms with Crippen molar-refractivity contribution in [2.45, 2.75) is 0 Å². The van der Waals surface area contributed by atoms with Crippen LogP contribution in [0.15, 0.2) is 48.5 Å². The Hall–Kier alpha value is -2.84. The molecule has 0 aromatic heterocycles. The maximum absolute atomic E-state index is 13.7. The summed E-state index contributed by atoms with van der Waals surface area (Å²) in [5.74, 6) is -1.38. The zero-order valence-corrected chi connectivity index (χ0v) is 16.3. The highest BCUT2D eigenvalue weighted by molar-refractivity contribution is 7.80. The molecule has 1 saturated heterocycles. The third-order valence-electron chi connectivity index (χ3n) is 4.54. The molecule has 1 aliphatic rings. The lowest BCUT2D eigenvalue weighted by Gasteiger charge is -2.32. The number of benzene rings is 2. The van der Waals surface area contributed by atoms with Gasteiger partial charge in [0, 0.05) is 26.2 Å². The topological polar surface area (TPSA) is 64.7 Å². The van der Waals surface area contributed by atoms with Crippen molar-refractivity contribution in [3.05, 3.63) is 65.5 Å². The molecule has 2 aromatic carbocycles. The van der Waals surface area contributed by atoms with Gasteiger partial charge < -0.3 is 15.1 Å². The summed E-state index contributed by atoms with van der Waals surface area (Å²) < 4.78 is 13.7. The van der Waals surface area contributed by atoms with Gasteiger partial charge >= 0.3 is 0 Å². The zero-order chi connectivity index (χ0) is 20.1. The average molecular weight is 400 g/mol. The highest BCUT2D eigenvalue weighted by atomic mass is 32.1. The second kappa shape index (κ2) is 8.90. The van der Waals surface area contributed by atoms with E-state index in [0.29, 0.717) is 24.3 Å². The number of hydrogen-bond acceptors (Lipinski definition) is 4. The molecule has 28 heavy (non-hydrogen) atoms. The lowest BCUT2D eigenvalue weighted by Crippen LogP contribution is -2.47. The van der Waals surface area contributed by atoms with Crippen molar-refractivity contribution < 1.29 is 14.0 Å². The van der Waals surface area contributed by atoms with E-state index in [1.165, 1.54) is 18.2 Å². The number of nitrogens with one attached hydrogen (secondary N) is 2. The zero-order valence-electron chi connectivity index (χ0n) is 15.4. The van der Waals surface area contributed by atoms with Crippen LogP contribution in [-0.2, 0) is 0 Å². The molecule has 0 atom stereocenters. The normalized spacial score (nSPS) is 14.4.